The zero-order chi connectivity index (χ0) is 12.1. The quantitative estimate of drug-likeness (QED) is 0.572. The third-order valence-electron chi connectivity index (χ3n) is 4.88. The van der Waals surface area contributed by atoms with E-state index in [1.54, 1.807) is 0 Å². The van der Waals surface area contributed by atoms with Crippen molar-refractivity contribution in [1.82, 2.24) is 10.3 Å². The molecule has 0 bridgehead atoms. The number of likely N-dealkylation sites (tertiary alicyclic amines) is 1. The van der Waals surface area contributed by atoms with Crippen LogP contribution >= 0.6 is 0 Å². The Bertz CT molecular complexity index is 211. The van der Waals surface area contributed by atoms with E-state index in [2.05, 4.69) is 17.2 Å². The summed E-state index contributed by atoms with van der Waals surface area (Å²) in [4.78, 5) is 2.77. The molecular weight excluding hydrogens is 210 g/mol. The molecular formula is C14H29N3. The van der Waals surface area contributed by atoms with Crippen molar-refractivity contribution in [3.05, 3.63) is 0 Å². The van der Waals surface area contributed by atoms with Gasteiger partial charge < -0.3 is 0 Å². The van der Waals surface area contributed by atoms with Crippen molar-refractivity contribution in [2.45, 2.75) is 76.3 Å². The lowest BCUT2D eigenvalue weighted by Crippen LogP contribution is -2.62. The Labute approximate surface area is 106 Å². The first kappa shape index (κ1) is 13.3. The maximum atomic E-state index is 5.85. The zero-order valence-corrected chi connectivity index (χ0v) is 11.4. The molecule has 2 fully saturated rings. The van der Waals surface area contributed by atoms with E-state index in [0.717, 1.165) is 0 Å². The third-order valence-corrected chi connectivity index (χ3v) is 4.88. The molecule has 0 spiro atoms. The molecule has 0 aromatic carbocycles. The minimum absolute atomic E-state index is 0.380. The molecule has 3 N–H and O–H groups in total. The molecule has 2 rings (SSSR count). The van der Waals surface area contributed by atoms with E-state index >= 15 is 0 Å². The second kappa shape index (κ2) is 6.17. The molecule has 100 valence electrons. The van der Waals surface area contributed by atoms with Crippen LogP contribution in [0.5, 0.6) is 0 Å². The van der Waals surface area contributed by atoms with E-state index in [0.29, 0.717) is 11.6 Å². The van der Waals surface area contributed by atoms with Crippen molar-refractivity contribution >= 4 is 0 Å². The molecule has 2 aliphatic rings. The van der Waals surface area contributed by atoms with Crippen LogP contribution < -0.4 is 11.3 Å². The number of nitrogens with zero attached hydrogens (tertiary/aromatic N) is 1. The fourth-order valence-electron chi connectivity index (χ4n) is 4.01. The summed E-state index contributed by atoms with van der Waals surface area (Å²) < 4.78 is 0. The SMILES string of the molecule is CCCC(NN)C1(N2CCCCC2)CCCC1. The lowest BCUT2D eigenvalue weighted by Gasteiger charge is -2.48. The molecule has 0 aromatic heterocycles. The van der Waals surface area contributed by atoms with Crippen molar-refractivity contribution in [2.75, 3.05) is 13.1 Å². The molecule has 1 saturated heterocycles. The Balaban J connectivity index is 2.11. The predicted octanol–water partition coefficient (Wildman–Crippen LogP) is 2.42. The molecule has 1 unspecified atom stereocenters. The standard InChI is InChI=1S/C14H29N3/c1-2-8-13(16-15)14(9-4-5-10-14)17-11-6-3-7-12-17/h13,16H,2-12,15H2,1H3. The van der Waals surface area contributed by atoms with Crippen LogP contribution in [0, 0.1) is 0 Å². The molecule has 3 heteroatoms. The lowest BCUT2D eigenvalue weighted by molar-refractivity contribution is 0.0337. The van der Waals surface area contributed by atoms with Crippen molar-refractivity contribution in [3.8, 4) is 0 Å². The van der Waals surface area contributed by atoms with Gasteiger partial charge in [-0.25, -0.2) is 0 Å². The molecule has 0 aromatic rings. The van der Waals surface area contributed by atoms with Crippen molar-refractivity contribution < 1.29 is 0 Å². The van der Waals surface area contributed by atoms with Gasteiger partial charge in [-0.3, -0.25) is 16.2 Å². The van der Waals surface area contributed by atoms with Gasteiger partial charge in [0.05, 0.1) is 0 Å². The second-order valence-corrected chi connectivity index (χ2v) is 5.87. The molecule has 0 radical (unpaired) electrons. The summed E-state index contributed by atoms with van der Waals surface area (Å²) in [6.45, 7) is 4.85. The lowest BCUT2D eigenvalue weighted by atomic mass is 9.82. The average Bonchev–Trinajstić information content (AvgIpc) is 2.87. The predicted molar refractivity (Wildman–Crippen MR) is 72.6 cm³/mol. The summed E-state index contributed by atoms with van der Waals surface area (Å²) in [6, 6.07) is 0.494. The normalized spacial score (nSPS) is 27.2. The summed E-state index contributed by atoms with van der Waals surface area (Å²) in [5.41, 5.74) is 3.52. The van der Waals surface area contributed by atoms with Gasteiger partial charge in [0.15, 0.2) is 0 Å². The van der Waals surface area contributed by atoms with Crippen molar-refractivity contribution in [3.63, 3.8) is 0 Å². The van der Waals surface area contributed by atoms with Gasteiger partial charge >= 0.3 is 0 Å². The van der Waals surface area contributed by atoms with Gasteiger partial charge in [-0.1, -0.05) is 32.6 Å². The maximum absolute atomic E-state index is 5.85. The van der Waals surface area contributed by atoms with E-state index in [1.807, 2.05) is 0 Å². The Morgan fingerprint density at radius 2 is 1.76 bits per heavy atom. The van der Waals surface area contributed by atoms with Crippen LogP contribution in [0.25, 0.3) is 0 Å². The number of nitrogens with one attached hydrogen (secondary N) is 1. The zero-order valence-electron chi connectivity index (χ0n) is 11.4. The largest absolute Gasteiger partial charge is 0.296 e. The molecule has 17 heavy (non-hydrogen) atoms. The molecule has 3 nitrogen and oxygen atoms in total. The highest BCUT2D eigenvalue weighted by molar-refractivity contribution is 5.03. The van der Waals surface area contributed by atoms with Gasteiger partial charge in [-0.2, -0.15) is 0 Å². The summed E-state index contributed by atoms with van der Waals surface area (Å²) in [5, 5.41) is 0. The first-order valence-corrected chi connectivity index (χ1v) is 7.54. The molecule has 1 aliphatic carbocycles. The van der Waals surface area contributed by atoms with E-state index in [4.69, 9.17) is 5.84 Å². The van der Waals surface area contributed by atoms with Crippen molar-refractivity contribution in [2.24, 2.45) is 5.84 Å². The summed E-state index contributed by atoms with van der Waals surface area (Å²) in [5.74, 6) is 5.85. The number of hydrogen-bond donors (Lipinski definition) is 2. The maximum Gasteiger partial charge on any atom is 0.0394 e. The Morgan fingerprint density at radius 3 is 2.29 bits per heavy atom. The van der Waals surface area contributed by atoms with Crippen molar-refractivity contribution in [1.29, 1.82) is 0 Å². The summed E-state index contributed by atoms with van der Waals surface area (Å²) >= 11 is 0. The van der Waals surface area contributed by atoms with Gasteiger partial charge in [-0.05, 0) is 45.2 Å². The third kappa shape index (κ3) is 2.67. The van der Waals surface area contributed by atoms with Gasteiger partial charge in [0.2, 0.25) is 0 Å². The van der Waals surface area contributed by atoms with Gasteiger partial charge in [0, 0.05) is 11.6 Å². The van der Waals surface area contributed by atoms with Gasteiger partial charge in [0.1, 0.15) is 0 Å². The van der Waals surface area contributed by atoms with E-state index < -0.39 is 0 Å². The number of piperidine rings is 1. The fourth-order valence-corrected chi connectivity index (χ4v) is 4.01. The van der Waals surface area contributed by atoms with Crippen LogP contribution in [0.3, 0.4) is 0 Å². The van der Waals surface area contributed by atoms with Gasteiger partial charge in [-0.15, -0.1) is 0 Å². The van der Waals surface area contributed by atoms with Gasteiger partial charge in [0.25, 0.3) is 0 Å². The van der Waals surface area contributed by atoms with E-state index in [9.17, 15) is 0 Å². The Morgan fingerprint density at radius 1 is 1.12 bits per heavy atom. The molecule has 0 amide bonds. The monoisotopic (exact) mass is 239 g/mol. The number of hydrogen-bond acceptors (Lipinski definition) is 3. The molecule has 1 heterocycles. The smallest absolute Gasteiger partial charge is 0.0394 e. The van der Waals surface area contributed by atoms with Crippen LogP contribution in [-0.2, 0) is 0 Å². The number of hydrazine groups is 1. The molecule has 1 aliphatic heterocycles. The average molecular weight is 239 g/mol. The topological polar surface area (TPSA) is 41.3 Å². The summed E-state index contributed by atoms with van der Waals surface area (Å²) in [7, 11) is 0. The van der Waals surface area contributed by atoms with E-state index in [-0.39, 0.29) is 0 Å². The Hall–Kier alpha value is -0.120. The molecule has 1 atom stereocenters. The minimum atomic E-state index is 0.380. The Kier molecular flexibility index (Phi) is 4.83. The van der Waals surface area contributed by atoms with Crippen LogP contribution in [-0.4, -0.2) is 29.6 Å². The van der Waals surface area contributed by atoms with Crippen LogP contribution in [0.15, 0.2) is 0 Å². The van der Waals surface area contributed by atoms with Crippen LogP contribution in [0.2, 0.25) is 0 Å². The number of rotatable bonds is 5. The first-order chi connectivity index (χ1) is 8.33. The minimum Gasteiger partial charge on any atom is -0.296 e. The van der Waals surface area contributed by atoms with Crippen LogP contribution in [0.4, 0.5) is 0 Å². The first-order valence-electron chi connectivity index (χ1n) is 7.54. The molecule has 1 saturated carbocycles. The second-order valence-electron chi connectivity index (χ2n) is 5.87. The highest BCUT2D eigenvalue weighted by Crippen LogP contribution is 2.40. The number of nitrogens with two attached hydrogens (primary N) is 1. The highest BCUT2D eigenvalue weighted by Gasteiger charge is 2.45. The van der Waals surface area contributed by atoms with Crippen LogP contribution in [0.1, 0.15) is 64.7 Å². The highest BCUT2D eigenvalue weighted by atomic mass is 15.3. The van der Waals surface area contributed by atoms with E-state index in [1.165, 1.54) is 70.9 Å². The fraction of sp³-hybridized carbons (Fsp3) is 1.00. The summed E-state index contributed by atoms with van der Waals surface area (Å²) in [6.07, 6.45) is 12.1.